The molecule has 0 aliphatic rings. The summed E-state index contributed by atoms with van der Waals surface area (Å²) in [5.41, 5.74) is 1.44. The summed E-state index contributed by atoms with van der Waals surface area (Å²) in [6.45, 7) is 1.74. The molecule has 0 atom stereocenters. The predicted octanol–water partition coefficient (Wildman–Crippen LogP) is 4.04. The van der Waals surface area contributed by atoms with Gasteiger partial charge >= 0.3 is 6.18 Å². The summed E-state index contributed by atoms with van der Waals surface area (Å²) in [6, 6.07) is 8.49. The largest absolute Gasteiger partial charge is 0.497 e. The van der Waals surface area contributed by atoms with Crippen molar-refractivity contribution in [2.75, 3.05) is 12.4 Å². The highest BCUT2D eigenvalue weighted by molar-refractivity contribution is 5.89. The fourth-order valence-electron chi connectivity index (χ4n) is 2.17. The van der Waals surface area contributed by atoms with E-state index in [4.69, 9.17) is 4.74 Å². The number of fused-ring (bicyclic) bond motifs is 1. The molecule has 2 N–H and O–H groups in total. The number of hydrogen-bond acceptors (Lipinski definition) is 4. The second kappa shape index (κ2) is 5.45. The van der Waals surface area contributed by atoms with Crippen molar-refractivity contribution in [3.63, 3.8) is 0 Å². The lowest BCUT2D eigenvalue weighted by Crippen LogP contribution is -2.12. The molecule has 2 heterocycles. The number of alkyl halides is 3. The first-order valence-corrected chi connectivity index (χ1v) is 6.72. The second-order valence-corrected chi connectivity index (χ2v) is 4.96. The van der Waals surface area contributed by atoms with Gasteiger partial charge in [-0.15, -0.1) is 0 Å². The molecule has 5 nitrogen and oxygen atoms in total. The highest BCUT2D eigenvalue weighted by Gasteiger charge is 2.35. The quantitative estimate of drug-likeness (QED) is 0.764. The number of hydrogen-bond donors (Lipinski definition) is 2. The van der Waals surface area contributed by atoms with Crippen LogP contribution in [-0.2, 0) is 6.18 Å². The summed E-state index contributed by atoms with van der Waals surface area (Å²) < 4.78 is 43.9. The Morgan fingerprint density at radius 2 is 1.83 bits per heavy atom. The van der Waals surface area contributed by atoms with E-state index in [9.17, 15) is 13.2 Å². The van der Waals surface area contributed by atoms with Crippen LogP contribution in [0.5, 0.6) is 5.75 Å². The van der Waals surface area contributed by atoms with E-state index in [1.54, 1.807) is 37.3 Å². The molecule has 0 spiro atoms. The molecule has 0 fully saturated rings. The van der Waals surface area contributed by atoms with Crippen LogP contribution in [0.3, 0.4) is 0 Å². The van der Waals surface area contributed by atoms with Crippen molar-refractivity contribution in [2.45, 2.75) is 13.1 Å². The van der Waals surface area contributed by atoms with Gasteiger partial charge in [0.15, 0.2) is 0 Å². The number of rotatable bonds is 3. The summed E-state index contributed by atoms with van der Waals surface area (Å²) >= 11 is 0. The minimum absolute atomic E-state index is 0.0943. The van der Waals surface area contributed by atoms with Crippen LogP contribution in [0.4, 0.5) is 24.7 Å². The van der Waals surface area contributed by atoms with Crippen LogP contribution in [0.15, 0.2) is 30.3 Å². The Morgan fingerprint density at radius 1 is 1.13 bits per heavy atom. The first-order chi connectivity index (χ1) is 10.9. The van der Waals surface area contributed by atoms with Crippen molar-refractivity contribution in [3.8, 4) is 5.75 Å². The van der Waals surface area contributed by atoms with Crippen molar-refractivity contribution >= 4 is 22.5 Å². The Labute approximate surface area is 129 Å². The molecule has 0 unspecified atom stereocenters. The van der Waals surface area contributed by atoms with Crippen LogP contribution in [0, 0.1) is 6.92 Å². The maximum absolute atomic E-state index is 13.0. The lowest BCUT2D eigenvalue weighted by Gasteiger charge is -2.11. The molecule has 1 aromatic carbocycles. The maximum Gasteiger partial charge on any atom is 0.451 e. The van der Waals surface area contributed by atoms with Crippen molar-refractivity contribution < 1.29 is 17.9 Å². The highest BCUT2D eigenvalue weighted by Crippen LogP contribution is 2.31. The van der Waals surface area contributed by atoms with E-state index in [-0.39, 0.29) is 11.5 Å². The first-order valence-electron chi connectivity index (χ1n) is 6.72. The zero-order chi connectivity index (χ0) is 16.6. The highest BCUT2D eigenvalue weighted by atomic mass is 19.4. The average molecular weight is 322 g/mol. The second-order valence-electron chi connectivity index (χ2n) is 4.96. The summed E-state index contributed by atoms with van der Waals surface area (Å²) in [5.74, 6) is -0.448. The normalized spacial score (nSPS) is 11.7. The molecular formula is C15H13F3N4O. The van der Waals surface area contributed by atoms with Gasteiger partial charge in [-0.25, -0.2) is 9.97 Å². The van der Waals surface area contributed by atoms with Gasteiger partial charge in [-0.1, -0.05) is 0 Å². The van der Waals surface area contributed by atoms with E-state index in [2.05, 4.69) is 20.3 Å². The number of halogens is 3. The zero-order valence-electron chi connectivity index (χ0n) is 12.3. The minimum Gasteiger partial charge on any atom is -0.497 e. The van der Waals surface area contributed by atoms with E-state index >= 15 is 0 Å². The molecule has 120 valence electrons. The van der Waals surface area contributed by atoms with Crippen LogP contribution < -0.4 is 10.1 Å². The van der Waals surface area contributed by atoms with E-state index in [1.807, 2.05) is 0 Å². The molecule has 3 rings (SSSR count). The van der Waals surface area contributed by atoms with Gasteiger partial charge in [0.05, 0.1) is 12.5 Å². The third kappa shape index (κ3) is 3.05. The number of aromatic nitrogens is 3. The monoisotopic (exact) mass is 322 g/mol. The Hall–Kier alpha value is -2.77. The molecule has 0 bridgehead atoms. The van der Waals surface area contributed by atoms with Crippen molar-refractivity contribution in [3.05, 3.63) is 41.9 Å². The standard InChI is InChI=1S/C15H13F3N4O/c1-8-7-11-12(19-8)21-14(15(16,17)18)22-13(11)20-9-3-5-10(23-2)6-4-9/h3-7H,1-2H3,(H2,19,20,21,22). The topological polar surface area (TPSA) is 62.8 Å². The van der Waals surface area contributed by atoms with Gasteiger partial charge in [-0.3, -0.25) is 0 Å². The van der Waals surface area contributed by atoms with Gasteiger partial charge in [0, 0.05) is 11.4 Å². The number of aryl methyl sites for hydroxylation is 1. The van der Waals surface area contributed by atoms with Gasteiger partial charge in [0.25, 0.3) is 0 Å². The molecule has 3 aromatic rings. The third-order valence-corrected chi connectivity index (χ3v) is 3.23. The Kier molecular flexibility index (Phi) is 3.59. The summed E-state index contributed by atoms with van der Waals surface area (Å²) in [7, 11) is 1.54. The first kappa shape index (κ1) is 15.1. The van der Waals surface area contributed by atoms with E-state index < -0.39 is 12.0 Å². The molecule has 8 heteroatoms. The molecule has 0 radical (unpaired) electrons. The van der Waals surface area contributed by atoms with Crippen LogP contribution in [0.2, 0.25) is 0 Å². The molecule has 0 aliphatic heterocycles. The average Bonchev–Trinajstić information content (AvgIpc) is 2.87. The number of methoxy groups -OCH3 is 1. The smallest absolute Gasteiger partial charge is 0.451 e. The van der Waals surface area contributed by atoms with Crippen molar-refractivity contribution in [1.29, 1.82) is 0 Å². The minimum atomic E-state index is -4.62. The van der Waals surface area contributed by atoms with E-state index in [1.165, 1.54) is 7.11 Å². The van der Waals surface area contributed by atoms with Gasteiger partial charge < -0.3 is 15.0 Å². The van der Waals surface area contributed by atoms with Gasteiger partial charge in [-0.05, 0) is 37.3 Å². The lowest BCUT2D eigenvalue weighted by molar-refractivity contribution is -0.144. The maximum atomic E-state index is 13.0. The fourth-order valence-corrected chi connectivity index (χ4v) is 2.17. The molecule has 0 amide bonds. The van der Waals surface area contributed by atoms with Gasteiger partial charge in [0.1, 0.15) is 17.2 Å². The Morgan fingerprint density at radius 3 is 2.43 bits per heavy atom. The fraction of sp³-hybridized carbons (Fsp3) is 0.200. The number of H-pyrrole nitrogens is 1. The Balaban J connectivity index is 2.06. The molecule has 0 aliphatic carbocycles. The Bertz CT molecular complexity index is 840. The number of ether oxygens (including phenoxy) is 1. The third-order valence-electron chi connectivity index (χ3n) is 3.23. The van der Waals surface area contributed by atoms with Crippen LogP contribution in [-0.4, -0.2) is 22.1 Å². The van der Waals surface area contributed by atoms with Crippen LogP contribution in [0.1, 0.15) is 11.5 Å². The molecular weight excluding hydrogens is 309 g/mol. The molecule has 23 heavy (non-hydrogen) atoms. The number of nitrogens with zero attached hydrogens (tertiary/aromatic N) is 2. The number of aromatic amines is 1. The van der Waals surface area contributed by atoms with Crippen LogP contribution >= 0.6 is 0 Å². The number of benzene rings is 1. The molecule has 0 saturated heterocycles. The zero-order valence-corrected chi connectivity index (χ0v) is 12.3. The summed E-state index contributed by atoms with van der Waals surface area (Å²) in [4.78, 5) is 9.97. The number of nitrogens with one attached hydrogen (secondary N) is 2. The van der Waals surface area contributed by atoms with Gasteiger partial charge in [0.2, 0.25) is 5.82 Å². The van der Waals surface area contributed by atoms with Gasteiger partial charge in [-0.2, -0.15) is 13.2 Å². The van der Waals surface area contributed by atoms with Crippen LogP contribution in [0.25, 0.3) is 11.0 Å². The molecule has 0 saturated carbocycles. The summed E-state index contributed by atoms with van der Waals surface area (Å²) in [5, 5.41) is 3.39. The predicted molar refractivity (Wildman–Crippen MR) is 79.9 cm³/mol. The van der Waals surface area contributed by atoms with Crippen molar-refractivity contribution in [2.24, 2.45) is 0 Å². The van der Waals surface area contributed by atoms with Crippen molar-refractivity contribution in [1.82, 2.24) is 15.0 Å². The molecule has 2 aromatic heterocycles. The van der Waals surface area contributed by atoms with E-state index in [0.717, 1.165) is 0 Å². The lowest BCUT2D eigenvalue weighted by atomic mass is 10.3. The number of anilines is 2. The summed E-state index contributed by atoms with van der Waals surface area (Å²) in [6.07, 6.45) is -4.62. The SMILES string of the molecule is COc1ccc(Nc2nc(C(F)(F)F)nc3[nH]c(C)cc23)cc1. The van der Waals surface area contributed by atoms with E-state index in [0.29, 0.717) is 22.5 Å².